The number of nitrogens with zero attached hydrogens (tertiary/aromatic N) is 1. The van der Waals surface area contributed by atoms with Crippen LogP contribution in [0.4, 0.5) is 5.69 Å². The number of hydrogen-bond donors (Lipinski definition) is 3. The number of carbonyl (C=O) groups is 2. The summed E-state index contributed by atoms with van der Waals surface area (Å²) < 4.78 is 27.1. The van der Waals surface area contributed by atoms with Gasteiger partial charge in [0.25, 0.3) is 10.0 Å². The van der Waals surface area contributed by atoms with Crippen LogP contribution in [-0.2, 0) is 26.2 Å². The number of amides is 2. The molecule has 0 bridgehead atoms. The van der Waals surface area contributed by atoms with Crippen LogP contribution in [0, 0.1) is 11.8 Å². The molecular formula is C24H28N4O4S. The van der Waals surface area contributed by atoms with E-state index in [1.807, 2.05) is 38.1 Å². The van der Waals surface area contributed by atoms with Crippen molar-refractivity contribution in [2.45, 2.75) is 50.6 Å². The van der Waals surface area contributed by atoms with E-state index in [4.69, 9.17) is 0 Å². The number of sulfonamides is 1. The third-order valence-corrected chi connectivity index (χ3v) is 7.37. The Kier molecular flexibility index (Phi) is 6.51. The number of rotatable bonds is 7. The molecule has 0 spiro atoms. The van der Waals surface area contributed by atoms with E-state index in [9.17, 15) is 18.0 Å². The van der Waals surface area contributed by atoms with Gasteiger partial charge in [-0.15, -0.1) is 0 Å². The first kappa shape index (κ1) is 23.0. The van der Waals surface area contributed by atoms with Gasteiger partial charge in [-0.05, 0) is 48.6 Å². The minimum Gasteiger partial charge on any atom is -0.350 e. The van der Waals surface area contributed by atoms with Crippen LogP contribution >= 0.6 is 0 Å². The number of carbonyl (C=O) groups excluding carboxylic acids is 2. The highest BCUT2D eigenvalue weighted by Crippen LogP contribution is 2.28. The second-order valence-electron chi connectivity index (χ2n) is 8.80. The molecule has 1 heterocycles. The van der Waals surface area contributed by atoms with Crippen LogP contribution in [0.25, 0.3) is 0 Å². The average molecular weight is 469 g/mol. The molecule has 1 aliphatic carbocycles. The molecule has 174 valence electrons. The molecule has 3 N–H and O–H groups in total. The first-order valence-electron chi connectivity index (χ1n) is 11.1. The molecule has 2 aromatic rings. The minimum absolute atomic E-state index is 0.0393. The van der Waals surface area contributed by atoms with E-state index in [0.29, 0.717) is 11.3 Å². The van der Waals surface area contributed by atoms with Gasteiger partial charge in [0.1, 0.15) is 11.9 Å². The molecule has 1 atom stereocenters. The lowest BCUT2D eigenvalue weighted by atomic mass is 9.85. The molecule has 33 heavy (non-hydrogen) atoms. The molecule has 0 radical (unpaired) electrons. The lowest BCUT2D eigenvalue weighted by molar-refractivity contribution is -0.123. The van der Waals surface area contributed by atoms with Gasteiger partial charge in [-0.1, -0.05) is 44.5 Å². The first-order chi connectivity index (χ1) is 15.7. The standard InChI is InChI=1S/C24H28N4O4S/c1-15(2)21(27-22-19-11-3-4-12-20(19)33(31,32)28-22)24(30)25-14-16-7-5-10-18(13-16)26-23(29)17-8-6-9-17/h3-5,7,10-13,15,17,21H,6,8-9,14H2,1-2H3,(H,25,30)(H,26,29)(H,27,28)/t21-/m0/s1. The highest BCUT2D eigenvalue weighted by Gasteiger charge is 2.32. The number of hydrogen-bond acceptors (Lipinski definition) is 5. The van der Waals surface area contributed by atoms with Crippen LogP contribution in [0.5, 0.6) is 0 Å². The quantitative estimate of drug-likeness (QED) is 0.579. The molecule has 0 saturated heterocycles. The van der Waals surface area contributed by atoms with E-state index in [1.54, 1.807) is 18.2 Å². The van der Waals surface area contributed by atoms with E-state index < -0.39 is 16.1 Å². The van der Waals surface area contributed by atoms with Crippen molar-refractivity contribution in [1.82, 2.24) is 10.0 Å². The van der Waals surface area contributed by atoms with Crippen molar-refractivity contribution in [2.75, 3.05) is 5.32 Å². The van der Waals surface area contributed by atoms with E-state index in [1.165, 1.54) is 6.07 Å². The molecule has 1 saturated carbocycles. The molecule has 0 unspecified atom stereocenters. The summed E-state index contributed by atoms with van der Waals surface area (Å²) in [6.45, 7) is 3.99. The third-order valence-electron chi connectivity index (χ3n) is 5.97. The van der Waals surface area contributed by atoms with Crippen LogP contribution in [0.2, 0.25) is 0 Å². The molecule has 1 aliphatic heterocycles. The molecule has 2 aliphatic rings. The monoisotopic (exact) mass is 468 g/mol. The Morgan fingerprint density at radius 2 is 1.88 bits per heavy atom. The van der Waals surface area contributed by atoms with Crippen LogP contribution < -0.4 is 15.4 Å². The van der Waals surface area contributed by atoms with Crippen molar-refractivity contribution in [3.63, 3.8) is 0 Å². The Hall–Kier alpha value is -3.20. The summed E-state index contributed by atoms with van der Waals surface area (Å²) in [5.41, 5.74) is 2.01. The van der Waals surface area contributed by atoms with Gasteiger partial charge in [0, 0.05) is 23.7 Å². The van der Waals surface area contributed by atoms with Crippen molar-refractivity contribution in [1.29, 1.82) is 0 Å². The number of aliphatic imine (C=N–C) groups is 1. The van der Waals surface area contributed by atoms with E-state index in [2.05, 4.69) is 20.3 Å². The van der Waals surface area contributed by atoms with Crippen LogP contribution in [0.3, 0.4) is 0 Å². The predicted molar refractivity (Wildman–Crippen MR) is 126 cm³/mol. The van der Waals surface area contributed by atoms with E-state index in [0.717, 1.165) is 24.8 Å². The van der Waals surface area contributed by atoms with Crippen molar-refractivity contribution in [2.24, 2.45) is 16.8 Å². The van der Waals surface area contributed by atoms with Gasteiger partial charge in [-0.3, -0.25) is 19.3 Å². The summed E-state index contributed by atoms with van der Waals surface area (Å²) in [6.07, 6.45) is 2.96. The molecule has 2 aromatic carbocycles. The maximum Gasteiger partial charge on any atom is 0.263 e. The lowest BCUT2D eigenvalue weighted by Gasteiger charge is -2.24. The molecular weight excluding hydrogens is 440 g/mol. The number of anilines is 1. The second kappa shape index (κ2) is 9.35. The second-order valence-corrected chi connectivity index (χ2v) is 10.5. The summed E-state index contributed by atoms with van der Waals surface area (Å²) >= 11 is 0. The SMILES string of the molecule is CC(C)[C@H](N=C1NS(=O)(=O)c2ccccc21)C(=O)NCc1cccc(NC(=O)C2CCC2)c1. The van der Waals surface area contributed by atoms with Crippen LogP contribution in [-0.4, -0.2) is 32.1 Å². The molecule has 2 amide bonds. The number of nitrogens with one attached hydrogen (secondary N) is 3. The fourth-order valence-electron chi connectivity index (χ4n) is 3.85. The fraction of sp³-hybridized carbons (Fsp3) is 0.375. The maximum absolute atomic E-state index is 13.0. The van der Waals surface area contributed by atoms with E-state index in [-0.39, 0.29) is 40.9 Å². The van der Waals surface area contributed by atoms with Crippen molar-refractivity contribution in [3.05, 3.63) is 59.7 Å². The first-order valence-corrected chi connectivity index (χ1v) is 12.6. The Balaban J connectivity index is 1.44. The van der Waals surface area contributed by atoms with Crippen molar-refractivity contribution in [3.8, 4) is 0 Å². The maximum atomic E-state index is 13.0. The fourth-order valence-corrected chi connectivity index (χ4v) is 5.09. The highest BCUT2D eigenvalue weighted by molar-refractivity contribution is 7.90. The lowest BCUT2D eigenvalue weighted by Crippen LogP contribution is -2.38. The van der Waals surface area contributed by atoms with Gasteiger partial charge < -0.3 is 10.6 Å². The Morgan fingerprint density at radius 1 is 1.12 bits per heavy atom. The normalized spacial score (nSPS) is 18.8. The summed E-state index contributed by atoms with van der Waals surface area (Å²) in [6, 6.07) is 13.2. The van der Waals surface area contributed by atoms with Crippen LogP contribution in [0.15, 0.2) is 58.4 Å². The summed E-state index contributed by atoms with van der Waals surface area (Å²) in [5.74, 6) is -0.136. The van der Waals surface area contributed by atoms with Gasteiger partial charge in [0.05, 0.1) is 4.90 Å². The highest BCUT2D eigenvalue weighted by atomic mass is 32.2. The van der Waals surface area contributed by atoms with Crippen molar-refractivity contribution < 1.29 is 18.0 Å². The largest absolute Gasteiger partial charge is 0.350 e. The van der Waals surface area contributed by atoms with Crippen LogP contribution in [0.1, 0.15) is 44.2 Å². The van der Waals surface area contributed by atoms with Gasteiger partial charge in [0.2, 0.25) is 11.8 Å². The molecule has 4 rings (SSSR count). The van der Waals surface area contributed by atoms with Crippen molar-refractivity contribution >= 4 is 33.4 Å². The molecule has 1 fully saturated rings. The molecule has 8 nitrogen and oxygen atoms in total. The zero-order valence-corrected chi connectivity index (χ0v) is 19.5. The minimum atomic E-state index is -3.67. The van der Waals surface area contributed by atoms with Gasteiger partial charge in [-0.25, -0.2) is 8.42 Å². The van der Waals surface area contributed by atoms with Gasteiger partial charge >= 0.3 is 0 Å². The smallest absolute Gasteiger partial charge is 0.263 e. The van der Waals surface area contributed by atoms with Gasteiger partial charge in [-0.2, -0.15) is 0 Å². The number of amidine groups is 1. The summed E-state index contributed by atoms with van der Waals surface area (Å²) in [4.78, 5) is 29.8. The van der Waals surface area contributed by atoms with E-state index >= 15 is 0 Å². The average Bonchev–Trinajstić information content (AvgIpc) is 2.99. The Morgan fingerprint density at radius 3 is 2.58 bits per heavy atom. The zero-order valence-electron chi connectivity index (χ0n) is 18.7. The zero-order chi connectivity index (χ0) is 23.6. The predicted octanol–water partition coefficient (Wildman–Crippen LogP) is 2.80. The topological polar surface area (TPSA) is 117 Å². The molecule has 0 aromatic heterocycles. The number of fused-ring (bicyclic) bond motifs is 1. The summed E-state index contributed by atoms with van der Waals surface area (Å²) in [7, 11) is -3.67. The number of benzene rings is 2. The Bertz CT molecular complexity index is 1200. The third kappa shape index (κ3) is 5.08. The Labute approximate surface area is 193 Å². The summed E-state index contributed by atoms with van der Waals surface area (Å²) in [5, 5.41) is 5.83. The molecule has 9 heteroatoms. The van der Waals surface area contributed by atoms with Gasteiger partial charge in [0.15, 0.2) is 0 Å².